The van der Waals surface area contributed by atoms with E-state index < -0.39 is 11.6 Å². The van der Waals surface area contributed by atoms with Crippen molar-refractivity contribution in [1.82, 2.24) is 0 Å². The molecule has 2 saturated carbocycles. The smallest absolute Gasteiger partial charge is 0.200 e. The second-order valence-corrected chi connectivity index (χ2v) is 10.3. The summed E-state index contributed by atoms with van der Waals surface area (Å²) in [5.41, 5.74) is 0.502. The van der Waals surface area contributed by atoms with Gasteiger partial charge >= 0.3 is 0 Å². The predicted molar refractivity (Wildman–Crippen MR) is 130 cm³/mol. The van der Waals surface area contributed by atoms with Gasteiger partial charge in [-0.05, 0) is 93.1 Å². The van der Waals surface area contributed by atoms with E-state index >= 15 is 0 Å². The standard InChI is InChI=1S/C29H44F2O/c1-4-7-8-10-21-11-13-22(14-12-21)23-15-17-24(18-16-23)25(9-5-2)26-19-20-27(32-6-3)29(31)28(26)30/h5,19-25H,2,4,6-18H2,1,3H3/t21-,22-,23?,24?,25?. The van der Waals surface area contributed by atoms with Crippen LogP contribution in [0.25, 0.3) is 0 Å². The van der Waals surface area contributed by atoms with Gasteiger partial charge < -0.3 is 4.74 Å². The van der Waals surface area contributed by atoms with E-state index in [1.807, 2.05) is 6.08 Å². The van der Waals surface area contributed by atoms with Gasteiger partial charge in [-0.15, -0.1) is 6.58 Å². The summed E-state index contributed by atoms with van der Waals surface area (Å²) in [5, 5.41) is 0. The molecule has 1 nitrogen and oxygen atoms in total. The Labute approximate surface area is 195 Å². The lowest BCUT2D eigenvalue weighted by Gasteiger charge is -2.40. The van der Waals surface area contributed by atoms with Crippen molar-refractivity contribution in [3.05, 3.63) is 42.0 Å². The van der Waals surface area contributed by atoms with Crippen LogP contribution < -0.4 is 4.74 Å². The Kier molecular flexibility index (Phi) is 10.1. The highest BCUT2D eigenvalue weighted by atomic mass is 19.2. The summed E-state index contributed by atoms with van der Waals surface area (Å²) in [6, 6.07) is 3.33. The molecule has 180 valence electrons. The first-order chi connectivity index (χ1) is 15.6. The van der Waals surface area contributed by atoms with Gasteiger partial charge in [0.2, 0.25) is 5.82 Å². The third kappa shape index (κ3) is 6.35. The zero-order chi connectivity index (χ0) is 22.9. The van der Waals surface area contributed by atoms with Crippen LogP contribution in [0.2, 0.25) is 0 Å². The van der Waals surface area contributed by atoms with E-state index in [-0.39, 0.29) is 11.7 Å². The first-order valence-corrected chi connectivity index (χ1v) is 13.3. The Bertz CT molecular complexity index is 699. The molecule has 2 fully saturated rings. The van der Waals surface area contributed by atoms with Crippen LogP contribution in [0.3, 0.4) is 0 Å². The van der Waals surface area contributed by atoms with Crippen LogP contribution in [0.15, 0.2) is 24.8 Å². The summed E-state index contributed by atoms with van der Waals surface area (Å²) < 4.78 is 34.7. The fourth-order valence-electron chi connectivity index (χ4n) is 6.50. The number of hydrogen-bond acceptors (Lipinski definition) is 1. The fourth-order valence-corrected chi connectivity index (χ4v) is 6.50. The molecule has 1 unspecified atom stereocenters. The van der Waals surface area contributed by atoms with E-state index in [0.29, 0.717) is 24.5 Å². The quantitative estimate of drug-likeness (QED) is 0.243. The largest absolute Gasteiger partial charge is 0.491 e. The zero-order valence-corrected chi connectivity index (χ0v) is 20.4. The SMILES string of the molecule is C=CCC(c1ccc(OCC)c(F)c1F)C1CCC([C@H]2CC[C@H](CCCCC)CC2)CC1. The van der Waals surface area contributed by atoms with Gasteiger partial charge in [-0.2, -0.15) is 4.39 Å². The average molecular weight is 447 g/mol. The zero-order valence-electron chi connectivity index (χ0n) is 20.4. The molecule has 0 aliphatic heterocycles. The number of benzene rings is 1. The number of halogens is 2. The Balaban J connectivity index is 1.56. The lowest BCUT2D eigenvalue weighted by molar-refractivity contribution is 0.134. The first kappa shape index (κ1) is 25.2. The lowest BCUT2D eigenvalue weighted by Crippen LogP contribution is -2.28. The molecule has 1 atom stereocenters. The summed E-state index contributed by atoms with van der Waals surface area (Å²) in [6.07, 6.45) is 18.5. The van der Waals surface area contributed by atoms with Crippen LogP contribution in [-0.2, 0) is 0 Å². The Morgan fingerprint density at radius 2 is 1.59 bits per heavy atom. The van der Waals surface area contributed by atoms with Gasteiger partial charge in [-0.3, -0.25) is 0 Å². The van der Waals surface area contributed by atoms with E-state index in [1.54, 1.807) is 19.1 Å². The number of rotatable bonds is 11. The van der Waals surface area contributed by atoms with Crippen LogP contribution in [0.1, 0.15) is 109 Å². The Hall–Kier alpha value is -1.38. The first-order valence-electron chi connectivity index (χ1n) is 13.3. The third-order valence-corrected chi connectivity index (χ3v) is 8.36. The second kappa shape index (κ2) is 12.8. The highest BCUT2D eigenvalue weighted by molar-refractivity contribution is 5.34. The molecule has 0 amide bonds. The van der Waals surface area contributed by atoms with Crippen molar-refractivity contribution in [3.8, 4) is 5.75 Å². The van der Waals surface area contributed by atoms with Crippen molar-refractivity contribution in [2.75, 3.05) is 6.61 Å². The van der Waals surface area contributed by atoms with E-state index in [0.717, 1.165) is 30.6 Å². The molecular formula is C29H44F2O. The summed E-state index contributed by atoms with van der Waals surface area (Å²) >= 11 is 0. The second-order valence-electron chi connectivity index (χ2n) is 10.3. The van der Waals surface area contributed by atoms with Gasteiger partial charge in [0.15, 0.2) is 11.6 Å². The van der Waals surface area contributed by atoms with Crippen molar-refractivity contribution in [1.29, 1.82) is 0 Å². The minimum absolute atomic E-state index is 0.00734. The Morgan fingerprint density at radius 1 is 0.938 bits per heavy atom. The van der Waals surface area contributed by atoms with E-state index in [2.05, 4.69) is 13.5 Å². The number of hydrogen-bond donors (Lipinski definition) is 0. The molecule has 0 aromatic heterocycles. The van der Waals surface area contributed by atoms with Crippen molar-refractivity contribution in [2.24, 2.45) is 23.7 Å². The summed E-state index contributed by atoms with van der Waals surface area (Å²) in [7, 11) is 0. The highest BCUT2D eigenvalue weighted by Crippen LogP contribution is 2.46. The molecule has 2 aliphatic carbocycles. The van der Waals surface area contributed by atoms with Crippen molar-refractivity contribution < 1.29 is 13.5 Å². The molecule has 0 saturated heterocycles. The van der Waals surface area contributed by atoms with Gasteiger partial charge in [-0.1, -0.05) is 57.6 Å². The van der Waals surface area contributed by atoms with Crippen molar-refractivity contribution >= 4 is 0 Å². The summed E-state index contributed by atoms with van der Waals surface area (Å²) in [6.45, 7) is 8.30. The van der Waals surface area contributed by atoms with Gasteiger partial charge in [0.1, 0.15) is 0 Å². The molecule has 0 radical (unpaired) electrons. The highest BCUT2D eigenvalue weighted by Gasteiger charge is 2.34. The molecule has 1 aromatic carbocycles. The van der Waals surface area contributed by atoms with Crippen LogP contribution in [0.5, 0.6) is 5.75 Å². The van der Waals surface area contributed by atoms with Crippen LogP contribution in [0, 0.1) is 35.3 Å². The number of allylic oxidation sites excluding steroid dienone is 1. The van der Waals surface area contributed by atoms with E-state index in [9.17, 15) is 8.78 Å². The minimum Gasteiger partial charge on any atom is -0.491 e. The monoisotopic (exact) mass is 446 g/mol. The molecule has 0 heterocycles. The van der Waals surface area contributed by atoms with Crippen LogP contribution in [0.4, 0.5) is 8.78 Å². The average Bonchev–Trinajstić information content (AvgIpc) is 2.82. The fraction of sp³-hybridized carbons (Fsp3) is 0.724. The molecule has 0 bridgehead atoms. The van der Waals surface area contributed by atoms with Gasteiger partial charge in [-0.25, -0.2) is 4.39 Å². The summed E-state index contributed by atoms with van der Waals surface area (Å²) in [4.78, 5) is 0. The molecular weight excluding hydrogens is 402 g/mol. The van der Waals surface area contributed by atoms with E-state index in [4.69, 9.17) is 4.74 Å². The van der Waals surface area contributed by atoms with Gasteiger partial charge in [0.25, 0.3) is 0 Å². The van der Waals surface area contributed by atoms with Crippen molar-refractivity contribution in [3.63, 3.8) is 0 Å². The molecule has 1 aromatic rings. The molecule has 2 aliphatic rings. The van der Waals surface area contributed by atoms with Gasteiger partial charge in [0.05, 0.1) is 6.61 Å². The predicted octanol–water partition coefficient (Wildman–Crippen LogP) is 9.22. The molecule has 0 N–H and O–H groups in total. The maximum absolute atomic E-state index is 14.9. The maximum Gasteiger partial charge on any atom is 0.200 e. The summed E-state index contributed by atoms with van der Waals surface area (Å²) in [5.74, 6) is 1.53. The Morgan fingerprint density at radius 3 is 2.19 bits per heavy atom. The van der Waals surface area contributed by atoms with Gasteiger partial charge in [0, 0.05) is 0 Å². The lowest BCUT2D eigenvalue weighted by atomic mass is 9.66. The van der Waals surface area contributed by atoms with E-state index in [1.165, 1.54) is 64.2 Å². The minimum atomic E-state index is -0.845. The molecule has 32 heavy (non-hydrogen) atoms. The van der Waals surface area contributed by atoms with Crippen molar-refractivity contribution in [2.45, 2.75) is 103 Å². The normalized spacial score (nSPS) is 27.1. The number of unbranched alkanes of at least 4 members (excludes halogenated alkanes) is 2. The number of ether oxygens (including phenoxy) is 1. The van der Waals surface area contributed by atoms with Crippen LogP contribution >= 0.6 is 0 Å². The molecule has 0 spiro atoms. The third-order valence-electron chi connectivity index (χ3n) is 8.36. The maximum atomic E-state index is 14.9. The molecule has 3 rings (SSSR count). The molecule has 3 heteroatoms. The topological polar surface area (TPSA) is 9.23 Å². The van der Waals surface area contributed by atoms with Crippen LogP contribution in [-0.4, -0.2) is 6.61 Å².